The number of rotatable bonds is 8. The van der Waals surface area contributed by atoms with Crippen molar-refractivity contribution in [3.8, 4) is 11.5 Å². The van der Waals surface area contributed by atoms with E-state index in [9.17, 15) is 19.2 Å². The van der Waals surface area contributed by atoms with Gasteiger partial charge in [0.1, 0.15) is 17.1 Å². The summed E-state index contributed by atoms with van der Waals surface area (Å²) >= 11 is 5.79. The molecule has 10 nitrogen and oxygen atoms in total. The van der Waals surface area contributed by atoms with Crippen LogP contribution in [-0.4, -0.2) is 56.1 Å². The summed E-state index contributed by atoms with van der Waals surface area (Å²) in [6.07, 6.45) is -0.166. The van der Waals surface area contributed by atoms with E-state index >= 15 is 0 Å². The molecule has 1 atom stereocenters. The highest BCUT2D eigenvalue weighted by atomic mass is 35.5. The molecule has 0 spiro atoms. The largest absolute Gasteiger partial charge is 0.496 e. The lowest BCUT2D eigenvalue weighted by atomic mass is 10.1. The first-order chi connectivity index (χ1) is 15.8. The summed E-state index contributed by atoms with van der Waals surface area (Å²) in [4.78, 5) is 49.4. The molecule has 1 fully saturated rings. The fraction of sp³-hybridized carbons (Fsp3) is 0.273. The number of carbonyl (C=O) groups is 4. The summed E-state index contributed by atoms with van der Waals surface area (Å²) < 4.78 is 15.4. The maximum Gasteiger partial charge on any atom is 0.311 e. The molecule has 2 aromatic carbocycles. The molecule has 0 radical (unpaired) electrons. The second kappa shape index (κ2) is 10.7. The van der Waals surface area contributed by atoms with Crippen molar-refractivity contribution in [1.29, 1.82) is 0 Å². The van der Waals surface area contributed by atoms with Crippen molar-refractivity contribution in [3.05, 3.63) is 53.1 Å². The van der Waals surface area contributed by atoms with Crippen molar-refractivity contribution in [1.82, 2.24) is 10.4 Å². The number of amides is 3. The summed E-state index contributed by atoms with van der Waals surface area (Å²) in [5.41, 5.74) is 3.08. The molecule has 0 saturated carbocycles. The van der Waals surface area contributed by atoms with E-state index in [0.717, 1.165) is 5.01 Å². The Kier molecular flexibility index (Phi) is 7.73. The van der Waals surface area contributed by atoms with Gasteiger partial charge in [0, 0.05) is 17.1 Å². The molecular formula is C22H22ClN3O7. The summed E-state index contributed by atoms with van der Waals surface area (Å²) in [5, 5.41) is 4.12. The number of benzene rings is 2. The molecular weight excluding hydrogens is 454 g/mol. The fourth-order valence-electron chi connectivity index (χ4n) is 3.21. The predicted octanol–water partition coefficient (Wildman–Crippen LogP) is 2.03. The van der Waals surface area contributed by atoms with Crippen LogP contribution in [0.25, 0.3) is 0 Å². The van der Waals surface area contributed by atoms with Crippen LogP contribution in [-0.2, 0) is 19.1 Å². The Morgan fingerprint density at radius 2 is 1.70 bits per heavy atom. The smallest absolute Gasteiger partial charge is 0.311 e. The fourth-order valence-corrected chi connectivity index (χ4v) is 3.34. The van der Waals surface area contributed by atoms with Gasteiger partial charge in [-0.2, -0.15) is 0 Å². The van der Waals surface area contributed by atoms with E-state index in [2.05, 4.69) is 10.7 Å². The molecule has 3 amide bonds. The van der Waals surface area contributed by atoms with Gasteiger partial charge in [-0.25, -0.2) is 0 Å². The number of hydrogen-bond donors (Lipinski definition) is 2. The van der Waals surface area contributed by atoms with Crippen LogP contribution in [0.4, 0.5) is 5.69 Å². The van der Waals surface area contributed by atoms with E-state index < -0.39 is 36.2 Å². The average molecular weight is 476 g/mol. The minimum absolute atomic E-state index is 0.0975. The van der Waals surface area contributed by atoms with Crippen molar-refractivity contribution in [3.63, 3.8) is 0 Å². The number of nitrogens with one attached hydrogen (secondary N) is 2. The van der Waals surface area contributed by atoms with E-state index in [1.54, 1.807) is 42.5 Å². The first-order valence-corrected chi connectivity index (χ1v) is 10.2. The highest BCUT2D eigenvalue weighted by molar-refractivity contribution is 6.30. The topological polar surface area (TPSA) is 123 Å². The zero-order chi connectivity index (χ0) is 24.0. The predicted molar refractivity (Wildman–Crippen MR) is 118 cm³/mol. The highest BCUT2D eigenvalue weighted by Crippen LogP contribution is 2.28. The summed E-state index contributed by atoms with van der Waals surface area (Å²) in [6, 6.07) is 11.2. The van der Waals surface area contributed by atoms with E-state index in [0.29, 0.717) is 10.7 Å². The molecule has 2 aromatic rings. The van der Waals surface area contributed by atoms with E-state index in [1.807, 2.05) is 0 Å². The maximum atomic E-state index is 12.7. The number of esters is 1. The van der Waals surface area contributed by atoms with Gasteiger partial charge in [-0.1, -0.05) is 17.7 Å². The summed E-state index contributed by atoms with van der Waals surface area (Å²) in [6.45, 7) is -0.614. The number of halogens is 1. The second-order valence-electron chi connectivity index (χ2n) is 7.05. The third-order valence-electron chi connectivity index (χ3n) is 4.82. The van der Waals surface area contributed by atoms with Gasteiger partial charge in [-0.15, -0.1) is 0 Å². The summed E-state index contributed by atoms with van der Waals surface area (Å²) in [5.74, 6) is -2.66. The minimum atomic E-state index is -0.833. The van der Waals surface area contributed by atoms with Gasteiger partial charge >= 0.3 is 5.97 Å². The second-order valence-corrected chi connectivity index (χ2v) is 7.48. The van der Waals surface area contributed by atoms with Crippen LogP contribution in [0.2, 0.25) is 5.02 Å². The Morgan fingerprint density at radius 3 is 2.30 bits per heavy atom. The monoisotopic (exact) mass is 475 g/mol. The lowest BCUT2D eigenvalue weighted by Gasteiger charge is -2.19. The third kappa shape index (κ3) is 5.92. The lowest BCUT2D eigenvalue weighted by molar-refractivity contribution is -0.151. The van der Waals surface area contributed by atoms with Gasteiger partial charge in [-0.3, -0.25) is 29.6 Å². The molecule has 1 aliphatic heterocycles. The van der Waals surface area contributed by atoms with Gasteiger partial charge < -0.3 is 19.5 Å². The molecule has 0 aliphatic carbocycles. The first-order valence-electron chi connectivity index (χ1n) is 9.86. The van der Waals surface area contributed by atoms with Crippen molar-refractivity contribution >= 4 is 41.0 Å². The highest BCUT2D eigenvalue weighted by Gasteiger charge is 2.37. The lowest BCUT2D eigenvalue weighted by Crippen LogP contribution is -2.43. The molecule has 11 heteroatoms. The van der Waals surface area contributed by atoms with Crippen LogP contribution in [0.1, 0.15) is 16.8 Å². The van der Waals surface area contributed by atoms with Gasteiger partial charge in [0.2, 0.25) is 5.91 Å². The van der Waals surface area contributed by atoms with Gasteiger partial charge in [0.05, 0.1) is 26.7 Å². The maximum absolute atomic E-state index is 12.7. The first kappa shape index (κ1) is 23.9. The molecule has 1 heterocycles. The molecule has 2 N–H and O–H groups in total. The third-order valence-corrected chi connectivity index (χ3v) is 5.08. The Bertz CT molecular complexity index is 1040. The quantitative estimate of drug-likeness (QED) is 0.560. The Labute approximate surface area is 194 Å². The van der Waals surface area contributed by atoms with Gasteiger partial charge in [0.15, 0.2) is 6.61 Å². The van der Waals surface area contributed by atoms with E-state index in [-0.39, 0.29) is 30.0 Å². The summed E-state index contributed by atoms with van der Waals surface area (Å²) in [7, 11) is 2.81. The Hall–Kier alpha value is -3.79. The van der Waals surface area contributed by atoms with Crippen LogP contribution in [0.15, 0.2) is 42.5 Å². The van der Waals surface area contributed by atoms with E-state index in [4.69, 9.17) is 25.8 Å². The van der Waals surface area contributed by atoms with Gasteiger partial charge in [0.25, 0.3) is 11.8 Å². The molecule has 174 valence electrons. The Morgan fingerprint density at radius 1 is 1.06 bits per heavy atom. The van der Waals surface area contributed by atoms with Crippen LogP contribution >= 0.6 is 11.6 Å². The van der Waals surface area contributed by atoms with Crippen LogP contribution < -0.4 is 20.2 Å². The van der Waals surface area contributed by atoms with Crippen molar-refractivity contribution in [2.75, 3.05) is 32.7 Å². The van der Waals surface area contributed by atoms with Crippen molar-refractivity contribution in [2.45, 2.75) is 6.42 Å². The molecule has 33 heavy (non-hydrogen) atoms. The number of carbonyl (C=O) groups excluding carboxylic acids is 4. The molecule has 1 saturated heterocycles. The standard InChI is InChI=1S/C22H22ClN3O7/c1-31-16-4-3-5-17(32-2)20(16)21(29)25-26-11-13(10-19(26)28)22(30)33-12-18(27)24-15-8-6-14(23)7-9-15/h3-9,13H,10-12H2,1-2H3,(H,24,27)(H,25,29)/t13-/m1/s1. The molecule has 1 aliphatic rings. The number of ether oxygens (including phenoxy) is 3. The number of methoxy groups -OCH3 is 2. The molecule has 0 unspecified atom stereocenters. The number of hydrogen-bond acceptors (Lipinski definition) is 7. The Balaban J connectivity index is 1.54. The molecule has 0 aromatic heterocycles. The normalized spacial score (nSPS) is 15.1. The average Bonchev–Trinajstić information content (AvgIpc) is 3.18. The minimum Gasteiger partial charge on any atom is -0.496 e. The zero-order valence-corrected chi connectivity index (χ0v) is 18.7. The molecule has 3 rings (SSSR count). The van der Waals surface area contributed by atoms with Gasteiger partial charge in [-0.05, 0) is 36.4 Å². The zero-order valence-electron chi connectivity index (χ0n) is 17.9. The number of hydrazine groups is 1. The number of anilines is 1. The molecule has 0 bridgehead atoms. The van der Waals surface area contributed by atoms with Crippen molar-refractivity contribution in [2.24, 2.45) is 5.92 Å². The van der Waals surface area contributed by atoms with Crippen LogP contribution in [0, 0.1) is 5.92 Å². The van der Waals surface area contributed by atoms with E-state index in [1.165, 1.54) is 14.2 Å². The SMILES string of the molecule is COc1cccc(OC)c1C(=O)NN1C[C@H](C(=O)OCC(=O)Nc2ccc(Cl)cc2)CC1=O. The van der Waals surface area contributed by atoms with Crippen molar-refractivity contribution < 1.29 is 33.4 Å². The van der Waals surface area contributed by atoms with Crippen LogP contribution in [0.5, 0.6) is 11.5 Å². The van der Waals surface area contributed by atoms with Crippen LogP contribution in [0.3, 0.4) is 0 Å². The number of nitrogens with zero attached hydrogens (tertiary/aromatic N) is 1.